The molecule has 3 aromatic rings. The molecular formula is C13H8N2O4. The van der Waals surface area contributed by atoms with Crippen LogP contribution in [-0.4, -0.2) is 26.7 Å². The van der Waals surface area contributed by atoms with Gasteiger partial charge in [-0.15, -0.1) is 0 Å². The third-order valence-corrected chi connectivity index (χ3v) is 2.70. The van der Waals surface area contributed by atoms with Crippen LogP contribution in [0.15, 0.2) is 41.1 Å². The number of carbonyl (C=O) groups is 2. The van der Waals surface area contributed by atoms with Gasteiger partial charge >= 0.3 is 5.97 Å². The van der Waals surface area contributed by atoms with Gasteiger partial charge < -0.3 is 13.9 Å². The Kier molecular flexibility index (Phi) is 2.42. The van der Waals surface area contributed by atoms with Gasteiger partial charge in [0.2, 0.25) is 0 Å². The van der Waals surface area contributed by atoms with E-state index in [9.17, 15) is 9.59 Å². The van der Waals surface area contributed by atoms with Crippen molar-refractivity contribution in [3.05, 3.63) is 48.1 Å². The quantitative estimate of drug-likeness (QED) is 0.725. The van der Waals surface area contributed by atoms with Gasteiger partial charge in [-0.25, -0.2) is 9.78 Å². The topological polar surface area (TPSA) is 84.8 Å². The molecule has 19 heavy (non-hydrogen) atoms. The molecule has 0 fully saturated rings. The summed E-state index contributed by atoms with van der Waals surface area (Å²) in [5.41, 5.74) is 1.24. The van der Waals surface area contributed by atoms with E-state index in [0.717, 1.165) is 5.56 Å². The lowest BCUT2D eigenvalue weighted by Gasteiger charge is -1.98. The second-order valence-electron chi connectivity index (χ2n) is 3.93. The SMILES string of the molecule is O=Cc1ccc(-c2ccc3nc(C(=O)O)cn3c2)o1. The monoisotopic (exact) mass is 256 g/mol. The molecule has 3 heterocycles. The average Bonchev–Trinajstić information content (AvgIpc) is 3.04. The van der Waals surface area contributed by atoms with Crippen molar-refractivity contribution in [2.45, 2.75) is 0 Å². The van der Waals surface area contributed by atoms with E-state index in [4.69, 9.17) is 9.52 Å². The number of nitrogens with zero attached hydrogens (tertiary/aromatic N) is 2. The summed E-state index contributed by atoms with van der Waals surface area (Å²) in [5.74, 6) is -0.298. The fourth-order valence-electron chi connectivity index (χ4n) is 1.81. The summed E-state index contributed by atoms with van der Waals surface area (Å²) >= 11 is 0. The summed E-state index contributed by atoms with van der Waals surface area (Å²) in [6.07, 6.45) is 3.74. The fourth-order valence-corrected chi connectivity index (χ4v) is 1.81. The molecule has 6 nitrogen and oxygen atoms in total. The van der Waals surface area contributed by atoms with Gasteiger partial charge in [0.25, 0.3) is 0 Å². The molecule has 1 N–H and O–H groups in total. The third kappa shape index (κ3) is 1.89. The Bertz CT molecular complexity index is 785. The second kappa shape index (κ2) is 4.09. The minimum absolute atomic E-state index is 0.0230. The largest absolute Gasteiger partial charge is 0.476 e. The van der Waals surface area contributed by atoms with E-state index < -0.39 is 5.97 Å². The van der Waals surface area contributed by atoms with E-state index in [2.05, 4.69) is 4.98 Å². The first kappa shape index (κ1) is 11.2. The van der Waals surface area contributed by atoms with E-state index >= 15 is 0 Å². The van der Waals surface area contributed by atoms with Crippen LogP contribution in [0.3, 0.4) is 0 Å². The number of aromatic carboxylic acids is 1. The molecular weight excluding hydrogens is 248 g/mol. The normalized spacial score (nSPS) is 10.7. The van der Waals surface area contributed by atoms with Gasteiger partial charge in [-0.3, -0.25) is 4.79 Å². The number of aldehydes is 1. The summed E-state index contributed by atoms with van der Waals surface area (Å²) in [5, 5.41) is 8.87. The maximum atomic E-state index is 10.8. The molecule has 0 spiro atoms. The van der Waals surface area contributed by atoms with E-state index in [1.165, 1.54) is 6.20 Å². The van der Waals surface area contributed by atoms with Gasteiger partial charge in [0.05, 0.1) is 0 Å². The minimum atomic E-state index is -1.08. The van der Waals surface area contributed by atoms with Crippen LogP contribution in [0.2, 0.25) is 0 Å². The molecule has 0 bridgehead atoms. The first-order chi connectivity index (χ1) is 9.17. The molecule has 0 unspecified atom stereocenters. The molecule has 0 radical (unpaired) electrons. The number of pyridine rings is 1. The molecule has 0 atom stereocenters. The first-order valence-corrected chi connectivity index (χ1v) is 5.45. The molecule has 0 aliphatic carbocycles. The average molecular weight is 256 g/mol. The number of hydrogen-bond donors (Lipinski definition) is 1. The van der Waals surface area contributed by atoms with Gasteiger partial charge in [-0.05, 0) is 24.3 Å². The van der Waals surface area contributed by atoms with Crippen LogP contribution in [0.5, 0.6) is 0 Å². The zero-order valence-electron chi connectivity index (χ0n) is 9.61. The van der Waals surface area contributed by atoms with Crippen LogP contribution in [0.25, 0.3) is 17.0 Å². The van der Waals surface area contributed by atoms with E-state index in [0.29, 0.717) is 17.7 Å². The van der Waals surface area contributed by atoms with Gasteiger partial charge in [0.1, 0.15) is 11.4 Å². The molecule has 3 aromatic heterocycles. The number of imidazole rings is 1. The Labute approximate surface area is 106 Å². The number of carboxylic acids is 1. The Morgan fingerprint density at radius 1 is 1.26 bits per heavy atom. The Morgan fingerprint density at radius 3 is 2.79 bits per heavy atom. The summed E-state index contributed by atoms with van der Waals surface area (Å²) in [4.78, 5) is 25.3. The third-order valence-electron chi connectivity index (χ3n) is 2.70. The van der Waals surface area contributed by atoms with E-state index in [-0.39, 0.29) is 11.5 Å². The molecule has 3 rings (SSSR count). The highest BCUT2D eigenvalue weighted by molar-refractivity contribution is 5.86. The van der Waals surface area contributed by atoms with E-state index in [1.54, 1.807) is 34.9 Å². The molecule has 0 saturated heterocycles. The number of rotatable bonds is 3. The van der Waals surface area contributed by atoms with Crippen LogP contribution in [0.4, 0.5) is 0 Å². The van der Waals surface area contributed by atoms with Crippen molar-refractivity contribution in [3.63, 3.8) is 0 Å². The standard InChI is InChI=1S/C13H8N2O4/c16-7-9-2-3-11(19-9)8-1-4-12-14-10(13(17)18)6-15(12)5-8/h1-7H,(H,17,18). The fraction of sp³-hybridized carbons (Fsp3) is 0. The lowest BCUT2D eigenvalue weighted by molar-refractivity contribution is 0.0691. The van der Waals surface area contributed by atoms with Crippen molar-refractivity contribution in [1.29, 1.82) is 0 Å². The molecule has 0 aromatic carbocycles. The van der Waals surface area contributed by atoms with Crippen molar-refractivity contribution in [2.75, 3.05) is 0 Å². The first-order valence-electron chi connectivity index (χ1n) is 5.45. The van der Waals surface area contributed by atoms with Crippen molar-refractivity contribution >= 4 is 17.9 Å². The molecule has 0 amide bonds. The molecule has 0 saturated carbocycles. The number of fused-ring (bicyclic) bond motifs is 1. The Morgan fingerprint density at radius 2 is 2.11 bits per heavy atom. The molecule has 0 aliphatic heterocycles. The number of carbonyl (C=O) groups excluding carboxylic acids is 1. The zero-order chi connectivity index (χ0) is 13.4. The maximum Gasteiger partial charge on any atom is 0.356 e. The van der Waals surface area contributed by atoms with E-state index in [1.807, 2.05) is 0 Å². The van der Waals surface area contributed by atoms with Gasteiger partial charge in [0.15, 0.2) is 17.7 Å². The number of aromatic nitrogens is 2. The van der Waals surface area contributed by atoms with Crippen molar-refractivity contribution in [3.8, 4) is 11.3 Å². The van der Waals surface area contributed by atoms with Gasteiger partial charge in [0, 0.05) is 18.0 Å². The number of furan rings is 1. The highest BCUT2D eigenvalue weighted by Gasteiger charge is 2.10. The van der Waals surface area contributed by atoms with Crippen LogP contribution >= 0.6 is 0 Å². The highest BCUT2D eigenvalue weighted by Crippen LogP contribution is 2.22. The van der Waals surface area contributed by atoms with Gasteiger partial charge in [-0.2, -0.15) is 0 Å². The predicted octanol–water partition coefficient (Wildman–Crippen LogP) is 2.10. The zero-order valence-corrected chi connectivity index (χ0v) is 9.61. The lowest BCUT2D eigenvalue weighted by Crippen LogP contribution is -1.94. The Balaban J connectivity index is 2.10. The Hall–Kier alpha value is -2.89. The minimum Gasteiger partial charge on any atom is -0.476 e. The second-order valence-corrected chi connectivity index (χ2v) is 3.93. The van der Waals surface area contributed by atoms with Crippen molar-refractivity contribution in [1.82, 2.24) is 9.38 Å². The van der Waals surface area contributed by atoms with Crippen molar-refractivity contribution < 1.29 is 19.1 Å². The van der Waals surface area contributed by atoms with Crippen LogP contribution in [0.1, 0.15) is 21.0 Å². The number of hydrogen-bond acceptors (Lipinski definition) is 4. The molecule has 94 valence electrons. The molecule has 6 heteroatoms. The smallest absolute Gasteiger partial charge is 0.356 e. The number of carboxylic acid groups (broad SMARTS) is 1. The maximum absolute atomic E-state index is 10.8. The van der Waals surface area contributed by atoms with Crippen LogP contribution in [-0.2, 0) is 0 Å². The summed E-state index contributed by atoms with van der Waals surface area (Å²) in [6.45, 7) is 0. The lowest BCUT2D eigenvalue weighted by atomic mass is 10.2. The van der Waals surface area contributed by atoms with Crippen molar-refractivity contribution in [2.24, 2.45) is 0 Å². The summed E-state index contributed by atoms with van der Waals surface area (Å²) in [6, 6.07) is 6.69. The predicted molar refractivity (Wildman–Crippen MR) is 65.2 cm³/mol. The highest BCUT2D eigenvalue weighted by atomic mass is 16.4. The molecule has 0 aliphatic rings. The van der Waals surface area contributed by atoms with Crippen LogP contribution in [0, 0.1) is 0 Å². The summed E-state index contributed by atoms with van der Waals surface area (Å²) in [7, 11) is 0. The van der Waals surface area contributed by atoms with Gasteiger partial charge in [-0.1, -0.05) is 0 Å². The summed E-state index contributed by atoms with van der Waals surface area (Å²) < 4.78 is 6.90. The van der Waals surface area contributed by atoms with Crippen LogP contribution < -0.4 is 0 Å².